The molecule has 1 heterocycles. The monoisotopic (exact) mass is 240 g/mol. The van der Waals surface area contributed by atoms with E-state index in [2.05, 4.69) is 37.9 Å². The van der Waals surface area contributed by atoms with E-state index in [9.17, 15) is 0 Å². The molecule has 0 aromatic rings. The number of hydrogen-bond acceptors (Lipinski definition) is 2. The minimum absolute atomic E-state index is 0.752. The molecule has 0 aromatic heterocycles. The van der Waals surface area contributed by atoms with Gasteiger partial charge < -0.3 is 10.2 Å². The lowest BCUT2D eigenvalue weighted by atomic mass is 10.0. The zero-order valence-electron chi connectivity index (χ0n) is 12.3. The summed E-state index contributed by atoms with van der Waals surface area (Å²) >= 11 is 0. The molecule has 1 saturated heterocycles. The first-order valence-electron chi connectivity index (χ1n) is 7.57. The van der Waals surface area contributed by atoms with Crippen LogP contribution < -0.4 is 5.32 Å². The van der Waals surface area contributed by atoms with Crippen LogP contribution in [0.2, 0.25) is 0 Å². The van der Waals surface area contributed by atoms with Crippen LogP contribution in [0, 0.1) is 11.8 Å². The highest BCUT2D eigenvalue weighted by molar-refractivity contribution is 4.79. The molecule has 1 aliphatic rings. The molecule has 2 heteroatoms. The maximum atomic E-state index is 3.62. The van der Waals surface area contributed by atoms with Crippen molar-refractivity contribution in [3.63, 3.8) is 0 Å². The quantitative estimate of drug-likeness (QED) is 0.701. The van der Waals surface area contributed by atoms with Gasteiger partial charge in [0.15, 0.2) is 0 Å². The smallest absolute Gasteiger partial charge is 0.0195 e. The minimum atomic E-state index is 0.752. The summed E-state index contributed by atoms with van der Waals surface area (Å²) in [5.41, 5.74) is 0. The Morgan fingerprint density at radius 1 is 1.24 bits per heavy atom. The van der Waals surface area contributed by atoms with E-state index in [0.717, 1.165) is 17.9 Å². The number of hydrogen-bond donors (Lipinski definition) is 1. The molecule has 1 N–H and O–H groups in total. The van der Waals surface area contributed by atoms with E-state index in [-0.39, 0.29) is 0 Å². The second-order valence-corrected chi connectivity index (χ2v) is 6.30. The topological polar surface area (TPSA) is 15.3 Å². The highest BCUT2D eigenvalue weighted by atomic mass is 15.2. The van der Waals surface area contributed by atoms with Gasteiger partial charge in [0.2, 0.25) is 0 Å². The van der Waals surface area contributed by atoms with Crippen LogP contribution in [0.4, 0.5) is 0 Å². The van der Waals surface area contributed by atoms with Crippen molar-refractivity contribution < 1.29 is 0 Å². The van der Waals surface area contributed by atoms with Gasteiger partial charge in [0, 0.05) is 25.7 Å². The fourth-order valence-electron chi connectivity index (χ4n) is 2.99. The van der Waals surface area contributed by atoms with Gasteiger partial charge in [-0.25, -0.2) is 0 Å². The summed E-state index contributed by atoms with van der Waals surface area (Å²) in [6.45, 7) is 14.4. The van der Waals surface area contributed by atoms with Crippen molar-refractivity contribution in [1.29, 1.82) is 0 Å². The third-order valence-corrected chi connectivity index (χ3v) is 3.62. The molecule has 2 nitrogen and oxygen atoms in total. The van der Waals surface area contributed by atoms with Gasteiger partial charge in [0.25, 0.3) is 0 Å². The van der Waals surface area contributed by atoms with E-state index in [4.69, 9.17) is 0 Å². The second-order valence-electron chi connectivity index (χ2n) is 6.30. The predicted molar refractivity (Wildman–Crippen MR) is 76.4 cm³/mol. The number of rotatable bonds is 8. The Bertz CT molecular complexity index is 185. The predicted octanol–water partition coefficient (Wildman–Crippen LogP) is 3.13. The van der Waals surface area contributed by atoms with Gasteiger partial charge in [0.1, 0.15) is 0 Å². The van der Waals surface area contributed by atoms with E-state index in [1.807, 2.05) is 0 Å². The van der Waals surface area contributed by atoms with Crippen molar-refractivity contribution >= 4 is 0 Å². The maximum absolute atomic E-state index is 3.62. The average Bonchev–Trinajstić information content (AvgIpc) is 2.69. The van der Waals surface area contributed by atoms with Crippen LogP contribution in [-0.4, -0.2) is 37.1 Å². The van der Waals surface area contributed by atoms with Gasteiger partial charge >= 0.3 is 0 Å². The molecule has 1 fully saturated rings. The summed E-state index contributed by atoms with van der Waals surface area (Å²) in [7, 11) is 0. The lowest BCUT2D eigenvalue weighted by molar-refractivity contribution is 0.193. The van der Waals surface area contributed by atoms with Crippen molar-refractivity contribution in [2.75, 3.05) is 26.2 Å². The van der Waals surface area contributed by atoms with Crippen LogP contribution in [0.15, 0.2) is 0 Å². The minimum Gasteiger partial charge on any atom is -0.313 e. The van der Waals surface area contributed by atoms with Crippen molar-refractivity contribution in [2.45, 2.75) is 59.4 Å². The Hall–Kier alpha value is -0.0800. The summed E-state index contributed by atoms with van der Waals surface area (Å²) in [5, 5.41) is 3.62. The highest BCUT2D eigenvalue weighted by Gasteiger charge is 2.19. The molecule has 2 unspecified atom stereocenters. The van der Waals surface area contributed by atoms with Gasteiger partial charge in [-0.15, -0.1) is 0 Å². The summed E-state index contributed by atoms with van der Waals surface area (Å²) < 4.78 is 0. The molecule has 17 heavy (non-hydrogen) atoms. The second kappa shape index (κ2) is 8.10. The Kier molecular flexibility index (Phi) is 7.14. The molecule has 0 spiro atoms. The van der Waals surface area contributed by atoms with Crippen LogP contribution in [0.25, 0.3) is 0 Å². The molecule has 0 aliphatic carbocycles. The van der Waals surface area contributed by atoms with Crippen LogP contribution in [0.1, 0.15) is 53.4 Å². The summed E-state index contributed by atoms with van der Waals surface area (Å²) in [6, 6.07) is 0.752. The molecule has 0 radical (unpaired) electrons. The summed E-state index contributed by atoms with van der Waals surface area (Å²) in [4.78, 5) is 2.69. The summed E-state index contributed by atoms with van der Waals surface area (Å²) in [5.74, 6) is 1.63. The largest absolute Gasteiger partial charge is 0.313 e. The lowest BCUT2D eigenvalue weighted by Crippen LogP contribution is -2.41. The molecular formula is C15H32N2. The Labute approximate surface area is 108 Å². The average molecular weight is 240 g/mol. The molecule has 0 amide bonds. The molecular weight excluding hydrogens is 208 g/mol. The van der Waals surface area contributed by atoms with Gasteiger partial charge in [0.05, 0.1) is 0 Å². The Morgan fingerprint density at radius 3 is 2.53 bits per heavy atom. The zero-order valence-corrected chi connectivity index (χ0v) is 12.3. The van der Waals surface area contributed by atoms with Crippen LogP contribution in [-0.2, 0) is 0 Å². The summed E-state index contributed by atoms with van der Waals surface area (Å²) in [6.07, 6.45) is 5.42. The van der Waals surface area contributed by atoms with Gasteiger partial charge in [-0.2, -0.15) is 0 Å². The SMILES string of the molecule is CCCC(C)CN(CC(C)C)CC1CCCN1. The Balaban J connectivity index is 2.35. The first kappa shape index (κ1) is 15.0. The number of nitrogens with one attached hydrogen (secondary N) is 1. The Morgan fingerprint density at radius 2 is 2.00 bits per heavy atom. The molecule has 102 valence electrons. The van der Waals surface area contributed by atoms with Crippen LogP contribution >= 0.6 is 0 Å². The third kappa shape index (κ3) is 6.42. The number of nitrogens with zero attached hydrogens (tertiary/aromatic N) is 1. The van der Waals surface area contributed by atoms with Crippen molar-refractivity contribution in [3.05, 3.63) is 0 Å². The van der Waals surface area contributed by atoms with E-state index in [0.29, 0.717) is 0 Å². The fourth-order valence-corrected chi connectivity index (χ4v) is 2.99. The molecule has 1 aliphatic heterocycles. The molecule has 0 saturated carbocycles. The van der Waals surface area contributed by atoms with Gasteiger partial charge in [-0.1, -0.05) is 34.1 Å². The first-order chi connectivity index (χ1) is 8.11. The van der Waals surface area contributed by atoms with E-state index >= 15 is 0 Å². The standard InChI is InChI=1S/C15H32N2/c1-5-7-14(4)11-17(10-13(2)3)12-15-8-6-9-16-15/h13-16H,5-12H2,1-4H3. The van der Waals surface area contributed by atoms with Crippen LogP contribution in [0.3, 0.4) is 0 Å². The molecule has 0 bridgehead atoms. The molecule has 0 aromatic carbocycles. The third-order valence-electron chi connectivity index (χ3n) is 3.62. The fraction of sp³-hybridized carbons (Fsp3) is 1.00. The van der Waals surface area contributed by atoms with Crippen molar-refractivity contribution in [1.82, 2.24) is 10.2 Å². The van der Waals surface area contributed by atoms with E-state index in [1.54, 1.807) is 0 Å². The van der Waals surface area contributed by atoms with Crippen molar-refractivity contribution in [3.8, 4) is 0 Å². The maximum Gasteiger partial charge on any atom is 0.0195 e. The van der Waals surface area contributed by atoms with Crippen molar-refractivity contribution in [2.24, 2.45) is 11.8 Å². The first-order valence-corrected chi connectivity index (χ1v) is 7.57. The molecule has 2 atom stereocenters. The van der Waals surface area contributed by atoms with Gasteiger partial charge in [-0.3, -0.25) is 0 Å². The normalized spacial score (nSPS) is 22.6. The van der Waals surface area contributed by atoms with E-state index < -0.39 is 0 Å². The lowest BCUT2D eigenvalue weighted by Gasteiger charge is -2.29. The zero-order chi connectivity index (χ0) is 12.7. The van der Waals surface area contributed by atoms with Gasteiger partial charge in [-0.05, 0) is 37.6 Å². The van der Waals surface area contributed by atoms with E-state index in [1.165, 1.54) is 51.9 Å². The van der Waals surface area contributed by atoms with Crippen LogP contribution in [0.5, 0.6) is 0 Å². The highest BCUT2D eigenvalue weighted by Crippen LogP contribution is 2.13. The molecule has 1 rings (SSSR count).